The van der Waals surface area contributed by atoms with Crippen LogP contribution in [-0.2, 0) is 0 Å². The molecule has 19 heavy (non-hydrogen) atoms. The fraction of sp³-hybridized carbons (Fsp3) is 0.647. The molecule has 0 aliphatic heterocycles. The number of rotatable bonds is 9. The summed E-state index contributed by atoms with van der Waals surface area (Å²) in [6, 6.07) is 9.18. The Morgan fingerprint density at radius 1 is 1.16 bits per heavy atom. The third kappa shape index (κ3) is 4.87. The molecule has 0 aromatic heterocycles. The zero-order valence-electron chi connectivity index (χ0n) is 12.3. The molecule has 1 atom stereocenters. The van der Waals surface area contributed by atoms with E-state index in [1.807, 2.05) is 0 Å². The van der Waals surface area contributed by atoms with E-state index < -0.39 is 0 Å². The maximum atomic E-state index is 5.80. The number of hydrogen-bond donors (Lipinski definition) is 1. The molecule has 1 saturated carbocycles. The molecule has 1 N–H and O–H groups in total. The van der Waals surface area contributed by atoms with Gasteiger partial charge in [-0.1, -0.05) is 45.2 Å². The van der Waals surface area contributed by atoms with E-state index >= 15 is 0 Å². The molecule has 2 rings (SSSR count). The summed E-state index contributed by atoms with van der Waals surface area (Å²) in [6.07, 6.45) is 8.06. The lowest BCUT2D eigenvalue weighted by atomic mass is 10.0. The van der Waals surface area contributed by atoms with Crippen LogP contribution in [0.1, 0.15) is 64.0 Å². The van der Waals surface area contributed by atoms with Crippen molar-refractivity contribution < 1.29 is 4.74 Å². The molecule has 1 aromatic carbocycles. The molecule has 0 radical (unpaired) electrons. The SMILES string of the molecule is CCCCCC(NCC)c1ccc(OC2CC2)cc1. The summed E-state index contributed by atoms with van der Waals surface area (Å²) in [7, 11) is 0. The molecule has 2 nitrogen and oxygen atoms in total. The summed E-state index contributed by atoms with van der Waals surface area (Å²) in [6.45, 7) is 5.46. The number of unbranched alkanes of at least 4 members (excludes halogenated alkanes) is 2. The highest BCUT2D eigenvalue weighted by Crippen LogP contribution is 2.28. The van der Waals surface area contributed by atoms with Gasteiger partial charge in [0.25, 0.3) is 0 Å². The summed E-state index contributed by atoms with van der Waals surface area (Å²) in [5.74, 6) is 1.02. The largest absolute Gasteiger partial charge is 0.490 e. The molecule has 0 bridgehead atoms. The second-order valence-electron chi connectivity index (χ2n) is 5.49. The van der Waals surface area contributed by atoms with Crippen LogP contribution < -0.4 is 10.1 Å². The molecule has 0 amide bonds. The van der Waals surface area contributed by atoms with Gasteiger partial charge in [0.15, 0.2) is 0 Å². The van der Waals surface area contributed by atoms with E-state index in [2.05, 4.69) is 43.4 Å². The monoisotopic (exact) mass is 261 g/mol. The van der Waals surface area contributed by atoms with E-state index in [1.54, 1.807) is 0 Å². The lowest BCUT2D eigenvalue weighted by molar-refractivity contribution is 0.303. The molecular weight excluding hydrogens is 234 g/mol. The summed E-state index contributed by atoms with van der Waals surface area (Å²) in [5.41, 5.74) is 1.39. The summed E-state index contributed by atoms with van der Waals surface area (Å²) >= 11 is 0. The second kappa shape index (κ2) is 7.54. The van der Waals surface area contributed by atoms with Gasteiger partial charge in [-0.3, -0.25) is 0 Å². The number of hydrogen-bond acceptors (Lipinski definition) is 2. The Kier molecular flexibility index (Phi) is 5.71. The number of ether oxygens (including phenoxy) is 1. The standard InChI is InChI=1S/C17H27NO/c1-3-5-6-7-17(18-4-2)14-8-10-15(11-9-14)19-16-12-13-16/h8-11,16-18H,3-7,12-13H2,1-2H3. The molecule has 0 heterocycles. The molecule has 106 valence electrons. The van der Waals surface area contributed by atoms with E-state index in [1.165, 1.54) is 44.1 Å². The van der Waals surface area contributed by atoms with Crippen molar-refractivity contribution in [3.63, 3.8) is 0 Å². The van der Waals surface area contributed by atoms with Crippen LogP contribution in [0, 0.1) is 0 Å². The first kappa shape index (κ1) is 14.4. The van der Waals surface area contributed by atoms with Crippen LogP contribution in [0.2, 0.25) is 0 Å². The van der Waals surface area contributed by atoms with Crippen LogP contribution in [0.5, 0.6) is 5.75 Å². The summed E-state index contributed by atoms with van der Waals surface area (Å²) < 4.78 is 5.80. The normalized spacial score (nSPS) is 16.3. The average molecular weight is 261 g/mol. The van der Waals surface area contributed by atoms with Gasteiger partial charge in [-0.15, -0.1) is 0 Å². The predicted octanol–water partition coefficient (Wildman–Crippen LogP) is 4.46. The highest BCUT2D eigenvalue weighted by Gasteiger charge is 2.23. The second-order valence-corrected chi connectivity index (χ2v) is 5.49. The van der Waals surface area contributed by atoms with Crippen molar-refractivity contribution in [2.24, 2.45) is 0 Å². The fourth-order valence-corrected chi connectivity index (χ4v) is 2.39. The van der Waals surface area contributed by atoms with E-state index in [0.29, 0.717) is 12.1 Å². The minimum absolute atomic E-state index is 0.486. The lowest BCUT2D eigenvalue weighted by Gasteiger charge is -2.18. The molecule has 1 aromatic rings. The van der Waals surface area contributed by atoms with Crippen LogP contribution in [0.25, 0.3) is 0 Å². The Bertz CT molecular complexity index is 356. The van der Waals surface area contributed by atoms with Crippen molar-refractivity contribution in [2.75, 3.05) is 6.54 Å². The molecule has 0 spiro atoms. The Morgan fingerprint density at radius 3 is 2.47 bits per heavy atom. The quantitative estimate of drug-likeness (QED) is 0.663. The van der Waals surface area contributed by atoms with E-state index in [0.717, 1.165) is 12.3 Å². The minimum Gasteiger partial charge on any atom is -0.490 e. The minimum atomic E-state index is 0.486. The molecule has 0 saturated heterocycles. The van der Waals surface area contributed by atoms with Gasteiger partial charge in [0, 0.05) is 6.04 Å². The third-order valence-electron chi connectivity index (χ3n) is 3.66. The Hall–Kier alpha value is -1.02. The zero-order valence-corrected chi connectivity index (χ0v) is 12.3. The first-order valence-electron chi connectivity index (χ1n) is 7.83. The summed E-state index contributed by atoms with van der Waals surface area (Å²) in [4.78, 5) is 0. The number of nitrogens with one attached hydrogen (secondary N) is 1. The fourth-order valence-electron chi connectivity index (χ4n) is 2.39. The van der Waals surface area contributed by atoms with Crippen molar-refractivity contribution in [1.29, 1.82) is 0 Å². The van der Waals surface area contributed by atoms with Crippen LogP contribution in [0.4, 0.5) is 0 Å². The highest BCUT2D eigenvalue weighted by molar-refractivity contribution is 5.29. The Labute approximate surface area is 117 Å². The molecule has 1 unspecified atom stereocenters. The van der Waals surface area contributed by atoms with Crippen molar-refractivity contribution >= 4 is 0 Å². The third-order valence-corrected chi connectivity index (χ3v) is 3.66. The molecule has 1 aliphatic rings. The van der Waals surface area contributed by atoms with Crippen LogP contribution in [0.15, 0.2) is 24.3 Å². The van der Waals surface area contributed by atoms with Gasteiger partial charge in [0.2, 0.25) is 0 Å². The predicted molar refractivity (Wildman–Crippen MR) is 80.7 cm³/mol. The average Bonchev–Trinajstić information content (AvgIpc) is 3.23. The van der Waals surface area contributed by atoms with E-state index in [9.17, 15) is 0 Å². The van der Waals surface area contributed by atoms with Gasteiger partial charge in [-0.2, -0.15) is 0 Å². The number of benzene rings is 1. The molecule has 2 heteroatoms. The van der Waals surface area contributed by atoms with Crippen LogP contribution >= 0.6 is 0 Å². The smallest absolute Gasteiger partial charge is 0.119 e. The Balaban J connectivity index is 1.90. The Morgan fingerprint density at radius 2 is 1.89 bits per heavy atom. The van der Waals surface area contributed by atoms with Gasteiger partial charge in [-0.25, -0.2) is 0 Å². The van der Waals surface area contributed by atoms with Gasteiger partial charge in [-0.05, 0) is 43.5 Å². The maximum absolute atomic E-state index is 5.80. The van der Waals surface area contributed by atoms with Gasteiger partial charge in [0.05, 0.1) is 6.10 Å². The first-order valence-corrected chi connectivity index (χ1v) is 7.83. The van der Waals surface area contributed by atoms with E-state index in [-0.39, 0.29) is 0 Å². The zero-order chi connectivity index (χ0) is 13.5. The summed E-state index contributed by atoms with van der Waals surface area (Å²) in [5, 5.41) is 3.59. The van der Waals surface area contributed by atoms with E-state index in [4.69, 9.17) is 4.74 Å². The topological polar surface area (TPSA) is 21.3 Å². The van der Waals surface area contributed by atoms with Gasteiger partial charge >= 0.3 is 0 Å². The van der Waals surface area contributed by atoms with Crippen LogP contribution in [-0.4, -0.2) is 12.6 Å². The van der Waals surface area contributed by atoms with Crippen molar-refractivity contribution in [3.8, 4) is 5.75 Å². The van der Waals surface area contributed by atoms with Gasteiger partial charge in [0.1, 0.15) is 5.75 Å². The van der Waals surface area contributed by atoms with Crippen molar-refractivity contribution in [3.05, 3.63) is 29.8 Å². The molecular formula is C17H27NO. The molecule has 1 fully saturated rings. The van der Waals surface area contributed by atoms with Crippen LogP contribution in [0.3, 0.4) is 0 Å². The maximum Gasteiger partial charge on any atom is 0.119 e. The van der Waals surface area contributed by atoms with Crippen molar-refractivity contribution in [2.45, 2.75) is 64.5 Å². The van der Waals surface area contributed by atoms with Crippen molar-refractivity contribution in [1.82, 2.24) is 5.32 Å². The highest BCUT2D eigenvalue weighted by atomic mass is 16.5. The van der Waals surface area contributed by atoms with Gasteiger partial charge < -0.3 is 10.1 Å². The lowest BCUT2D eigenvalue weighted by Crippen LogP contribution is -2.20. The first-order chi connectivity index (χ1) is 9.33. The molecule has 1 aliphatic carbocycles.